The van der Waals surface area contributed by atoms with E-state index in [4.69, 9.17) is 12.6 Å². The van der Waals surface area contributed by atoms with E-state index in [0.717, 1.165) is 10.0 Å². The molecule has 56 valence electrons. The number of rotatable bonds is 1. The first-order valence-electron chi connectivity index (χ1n) is 3.24. The Morgan fingerprint density at radius 3 is 2.55 bits per heavy atom. The van der Waals surface area contributed by atoms with Crippen molar-refractivity contribution in [3.63, 3.8) is 0 Å². The van der Waals surface area contributed by atoms with Gasteiger partial charge in [-0.2, -0.15) is 0 Å². The van der Waals surface area contributed by atoms with Gasteiger partial charge in [0, 0.05) is 0 Å². The molecule has 0 saturated heterocycles. The van der Waals surface area contributed by atoms with Crippen molar-refractivity contribution in [1.29, 1.82) is 0 Å². The van der Waals surface area contributed by atoms with Gasteiger partial charge >= 0.3 is 0 Å². The van der Waals surface area contributed by atoms with Crippen molar-refractivity contribution in [1.82, 2.24) is 0 Å². The number of ether oxygens (including phenoxy) is 1. The zero-order valence-corrected chi connectivity index (χ0v) is 8.10. The first kappa shape index (κ1) is 8.66. The van der Waals surface area contributed by atoms with Gasteiger partial charge in [0.2, 0.25) is 0 Å². The number of hydrogen-bond acceptors (Lipinski definition) is 1. The third kappa shape index (κ3) is 1.77. The number of aryl methyl sites for hydroxylation is 1. The molecule has 0 fully saturated rings. The van der Waals surface area contributed by atoms with Crippen LogP contribution in [0.15, 0.2) is 16.6 Å². The van der Waals surface area contributed by atoms with Gasteiger partial charge in [0.25, 0.3) is 0 Å². The minimum Gasteiger partial charge on any atom is -0.496 e. The molecule has 2 radical (unpaired) electrons. The maximum atomic E-state index is 5.68. The van der Waals surface area contributed by atoms with Crippen LogP contribution in [0, 0.1) is 6.92 Å². The van der Waals surface area contributed by atoms with Crippen LogP contribution < -0.4 is 10.2 Å². The van der Waals surface area contributed by atoms with Gasteiger partial charge in [-0.25, -0.2) is 0 Å². The lowest BCUT2D eigenvalue weighted by molar-refractivity contribution is 0.415. The molecule has 0 bridgehead atoms. The summed E-state index contributed by atoms with van der Waals surface area (Å²) < 4.78 is 5.96. The minimum absolute atomic E-state index is 0.666. The Morgan fingerprint density at radius 1 is 1.45 bits per heavy atom. The molecule has 1 nitrogen and oxygen atoms in total. The van der Waals surface area contributed by atoms with E-state index in [2.05, 4.69) is 15.9 Å². The van der Waals surface area contributed by atoms with Gasteiger partial charge < -0.3 is 4.74 Å². The van der Waals surface area contributed by atoms with Crippen LogP contribution >= 0.6 is 15.9 Å². The molecule has 1 aromatic carbocycles. The molecule has 1 rings (SSSR count). The number of hydrogen-bond donors (Lipinski definition) is 0. The highest BCUT2D eigenvalue weighted by atomic mass is 79.9. The second kappa shape index (κ2) is 3.31. The van der Waals surface area contributed by atoms with Crippen molar-refractivity contribution in [3.8, 4) is 5.75 Å². The fourth-order valence-electron chi connectivity index (χ4n) is 0.971. The number of methoxy groups -OCH3 is 1. The fraction of sp³-hybridized carbons (Fsp3) is 0.250. The van der Waals surface area contributed by atoms with Crippen molar-refractivity contribution >= 4 is 29.2 Å². The Hall–Kier alpha value is -0.435. The average molecular weight is 211 g/mol. The van der Waals surface area contributed by atoms with E-state index in [-0.39, 0.29) is 0 Å². The van der Waals surface area contributed by atoms with E-state index >= 15 is 0 Å². The van der Waals surface area contributed by atoms with Gasteiger partial charge in [-0.05, 0) is 28.9 Å². The van der Waals surface area contributed by atoms with Crippen LogP contribution in [0.25, 0.3) is 0 Å². The molecular weight excluding hydrogens is 203 g/mol. The maximum absolute atomic E-state index is 5.68. The quantitative estimate of drug-likeness (QED) is 0.640. The minimum atomic E-state index is 0.666. The third-order valence-corrected chi connectivity index (χ3v) is 2.01. The molecule has 0 aliphatic carbocycles. The Labute approximate surface area is 76.3 Å². The van der Waals surface area contributed by atoms with Crippen LogP contribution in [0.1, 0.15) is 5.56 Å². The van der Waals surface area contributed by atoms with Crippen molar-refractivity contribution in [2.75, 3.05) is 7.11 Å². The van der Waals surface area contributed by atoms with Crippen molar-refractivity contribution in [2.45, 2.75) is 6.92 Å². The van der Waals surface area contributed by atoms with E-state index in [0.29, 0.717) is 11.2 Å². The van der Waals surface area contributed by atoms with E-state index in [1.165, 1.54) is 0 Å². The lowest BCUT2D eigenvalue weighted by Gasteiger charge is -2.07. The van der Waals surface area contributed by atoms with Gasteiger partial charge in [-0.15, -0.1) is 0 Å². The van der Waals surface area contributed by atoms with Gasteiger partial charge in [0.15, 0.2) is 0 Å². The molecule has 0 atom stereocenters. The monoisotopic (exact) mass is 210 g/mol. The van der Waals surface area contributed by atoms with Gasteiger partial charge in [0.05, 0.1) is 11.6 Å². The summed E-state index contributed by atoms with van der Waals surface area (Å²) in [6.45, 7) is 1.99. The lowest BCUT2D eigenvalue weighted by atomic mass is 9.93. The molecule has 0 heterocycles. The lowest BCUT2D eigenvalue weighted by Crippen LogP contribution is -2.08. The summed E-state index contributed by atoms with van der Waals surface area (Å²) in [5.74, 6) is 0.704. The summed E-state index contributed by atoms with van der Waals surface area (Å²) in [6.07, 6.45) is 0. The topological polar surface area (TPSA) is 9.23 Å². The molecule has 0 aliphatic rings. The smallest absolute Gasteiger partial charge is 0.126 e. The predicted molar refractivity (Wildman–Crippen MR) is 50.8 cm³/mol. The molecule has 0 spiro atoms. The zero-order chi connectivity index (χ0) is 8.43. The summed E-state index contributed by atoms with van der Waals surface area (Å²) in [4.78, 5) is 0. The second-order valence-corrected chi connectivity index (χ2v) is 3.22. The normalized spacial score (nSPS) is 9.73. The van der Waals surface area contributed by atoms with Crippen LogP contribution in [0.4, 0.5) is 0 Å². The third-order valence-electron chi connectivity index (χ3n) is 1.42. The SMILES string of the molecule is [B]c1cc(C)cc(Br)c1OC. The van der Waals surface area contributed by atoms with Gasteiger partial charge in [0.1, 0.15) is 13.6 Å². The molecule has 0 aromatic heterocycles. The van der Waals surface area contributed by atoms with E-state index in [9.17, 15) is 0 Å². The molecule has 0 amide bonds. The Bertz CT molecular complexity index is 250. The molecule has 3 heteroatoms. The number of benzene rings is 1. The fourth-order valence-corrected chi connectivity index (χ4v) is 1.72. The highest BCUT2D eigenvalue weighted by Crippen LogP contribution is 2.22. The van der Waals surface area contributed by atoms with Crippen molar-refractivity contribution in [3.05, 3.63) is 22.2 Å². The summed E-state index contributed by atoms with van der Waals surface area (Å²) >= 11 is 3.35. The number of halogens is 1. The molecule has 0 aliphatic heterocycles. The van der Waals surface area contributed by atoms with Crippen LogP contribution in [-0.2, 0) is 0 Å². The van der Waals surface area contributed by atoms with E-state index < -0.39 is 0 Å². The molecule has 0 saturated carbocycles. The Morgan fingerprint density at radius 2 is 2.09 bits per heavy atom. The van der Waals surface area contributed by atoms with Crippen LogP contribution in [0.3, 0.4) is 0 Å². The summed E-state index contributed by atoms with van der Waals surface area (Å²) in [6, 6.07) is 3.85. The van der Waals surface area contributed by atoms with Crippen LogP contribution in [0.5, 0.6) is 5.75 Å². The highest BCUT2D eigenvalue weighted by molar-refractivity contribution is 9.10. The Kier molecular flexibility index (Phi) is 2.60. The van der Waals surface area contributed by atoms with Gasteiger partial charge in [-0.3, -0.25) is 0 Å². The molecule has 0 unspecified atom stereocenters. The molecule has 11 heavy (non-hydrogen) atoms. The second-order valence-electron chi connectivity index (χ2n) is 2.37. The first-order chi connectivity index (χ1) is 5.15. The van der Waals surface area contributed by atoms with Crippen molar-refractivity contribution < 1.29 is 4.74 Å². The molecule has 1 aromatic rings. The Balaban J connectivity index is 3.25. The summed E-state index contributed by atoms with van der Waals surface area (Å²) in [5.41, 5.74) is 1.79. The van der Waals surface area contributed by atoms with Crippen molar-refractivity contribution in [2.24, 2.45) is 0 Å². The van der Waals surface area contributed by atoms with Crippen LogP contribution in [-0.4, -0.2) is 15.0 Å². The van der Waals surface area contributed by atoms with Crippen LogP contribution in [0.2, 0.25) is 0 Å². The molecular formula is C8H8BBrO. The average Bonchev–Trinajstić information content (AvgIpc) is 1.85. The summed E-state index contributed by atoms with van der Waals surface area (Å²) in [5, 5.41) is 0. The highest BCUT2D eigenvalue weighted by Gasteiger charge is 2.02. The summed E-state index contributed by atoms with van der Waals surface area (Å²) in [7, 11) is 7.28. The predicted octanol–water partition coefficient (Wildman–Crippen LogP) is 1.56. The molecule has 0 N–H and O–H groups in total. The van der Waals surface area contributed by atoms with E-state index in [1.54, 1.807) is 7.11 Å². The zero-order valence-electron chi connectivity index (χ0n) is 6.52. The first-order valence-corrected chi connectivity index (χ1v) is 4.04. The largest absolute Gasteiger partial charge is 0.496 e. The van der Waals surface area contributed by atoms with E-state index in [1.807, 2.05) is 19.1 Å². The van der Waals surface area contributed by atoms with Gasteiger partial charge in [-0.1, -0.05) is 17.1 Å². The standard InChI is InChI=1S/C8H8BBrO/c1-5-3-6(9)8(11-2)7(10)4-5/h3-4H,1-2H3. The maximum Gasteiger partial charge on any atom is 0.126 e.